The van der Waals surface area contributed by atoms with E-state index in [1.165, 1.54) is 36.0 Å². The monoisotopic (exact) mass is 445 g/mol. The van der Waals surface area contributed by atoms with Gasteiger partial charge in [0.05, 0.1) is 10.6 Å². The summed E-state index contributed by atoms with van der Waals surface area (Å²) in [6, 6.07) is 13.3. The molecule has 0 aromatic heterocycles. The Balaban J connectivity index is 1.66. The minimum Gasteiger partial charge on any atom is -0.490 e. The highest BCUT2D eigenvalue weighted by Crippen LogP contribution is 2.20. The van der Waals surface area contributed by atoms with Crippen LogP contribution in [-0.4, -0.2) is 33.4 Å². The first-order valence-corrected chi connectivity index (χ1v) is 10.5. The summed E-state index contributed by atoms with van der Waals surface area (Å²) < 4.78 is 33.7. The second-order valence-corrected chi connectivity index (χ2v) is 8.35. The number of halogens is 1. The van der Waals surface area contributed by atoms with E-state index < -0.39 is 10.0 Å². The van der Waals surface area contributed by atoms with Crippen LogP contribution in [0.3, 0.4) is 0 Å². The van der Waals surface area contributed by atoms with Gasteiger partial charge in [0.25, 0.3) is 0 Å². The van der Waals surface area contributed by atoms with Crippen molar-refractivity contribution in [3.05, 3.63) is 53.0 Å². The maximum absolute atomic E-state index is 11.7. The molecule has 0 unspecified atom stereocenters. The fourth-order valence-corrected chi connectivity index (χ4v) is 3.23. The Labute approximate surface area is 158 Å². The van der Waals surface area contributed by atoms with Gasteiger partial charge in [0.2, 0.25) is 10.0 Å². The lowest BCUT2D eigenvalue weighted by Crippen LogP contribution is -2.14. The molecule has 0 aliphatic heterocycles. The molecular weight excluding hydrogens is 430 g/mol. The number of thioether (sulfide) groups is 1. The molecule has 0 fully saturated rings. The third-order valence-corrected chi connectivity index (χ3v) is 5.38. The van der Waals surface area contributed by atoms with Crippen molar-refractivity contribution in [1.82, 2.24) is 0 Å². The summed E-state index contributed by atoms with van der Waals surface area (Å²) in [5.74, 6) is 0.346. The number of carbonyl (C=O) groups excluding carboxylic acids is 1. The largest absolute Gasteiger partial charge is 0.490 e. The summed E-state index contributed by atoms with van der Waals surface area (Å²) in [6.07, 6.45) is 0. The first kappa shape index (κ1) is 19.8. The summed E-state index contributed by atoms with van der Waals surface area (Å²) in [6.45, 7) is 0.278. The normalized spacial score (nSPS) is 11.1. The fourth-order valence-electron chi connectivity index (χ4n) is 1.76. The van der Waals surface area contributed by atoms with Gasteiger partial charge < -0.3 is 9.47 Å². The molecule has 0 saturated carbocycles. The van der Waals surface area contributed by atoms with Gasteiger partial charge in [-0.1, -0.05) is 15.9 Å². The number of sulfonamides is 1. The number of carbonyl (C=O) groups is 1. The van der Waals surface area contributed by atoms with Crippen molar-refractivity contribution >= 4 is 43.7 Å². The Hall–Kier alpha value is -1.55. The van der Waals surface area contributed by atoms with E-state index in [1.807, 2.05) is 24.3 Å². The second kappa shape index (κ2) is 9.23. The smallest absolute Gasteiger partial charge is 0.316 e. The molecule has 0 atom stereocenters. The Kier molecular flexibility index (Phi) is 7.30. The molecule has 0 spiro atoms. The number of primary sulfonamides is 1. The van der Waals surface area contributed by atoms with Gasteiger partial charge in [0, 0.05) is 9.37 Å². The predicted octanol–water partition coefficient (Wildman–Crippen LogP) is 2.81. The SMILES string of the molecule is NS(=O)(=O)c1ccc(OCCOC(=O)CSc2ccc(Br)cc2)cc1. The molecular formula is C16H16BrNO5S2. The molecule has 0 radical (unpaired) electrons. The summed E-state index contributed by atoms with van der Waals surface area (Å²) >= 11 is 4.74. The standard InChI is InChI=1S/C16H16BrNO5S2/c17-12-1-5-14(6-2-12)24-11-16(19)23-10-9-22-13-3-7-15(8-4-13)25(18,20)21/h1-8H,9-11H2,(H2,18,20,21). The third-order valence-electron chi connectivity index (χ3n) is 2.94. The van der Waals surface area contributed by atoms with E-state index in [4.69, 9.17) is 14.6 Å². The zero-order chi connectivity index (χ0) is 18.3. The van der Waals surface area contributed by atoms with Gasteiger partial charge in [-0.3, -0.25) is 4.79 Å². The average Bonchev–Trinajstić information content (AvgIpc) is 2.58. The number of rotatable bonds is 8. The first-order chi connectivity index (χ1) is 11.8. The lowest BCUT2D eigenvalue weighted by atomic mass is 10.3. The molecule has 6 nitrogen and oxygen atoms in total. The molecule has 0 aliphatic carbocycles. The van der Waals surface area contributed by atoms with Crippen molar-refractivity contribution in [3.63, 3.8) is 0 Å². The van der Waals surface area contributed by atoms with Crippen LogP contribution in [0.1, 0.15) is 0 Å². The summed E-state index contributed by atoms with van der Waals surface area (Å²) in [5, 5.41) is 5.01. The minimum atomic E-state index is -3.72. The number of benzene rings is 2. The Morgan fingerprint density at radius 3 is 2.28 bits per heavy atom. The minimum absolute atomic E-state index is 0.0104. The Morgan fingerprint density at radius 1 is 1.04 bits per heavy atom. The molecule has 2 rings (SSSR count). The molecule has 0 aliphatic rings. The number of hydrogen-bond donors (Lipinski definition) is 1. The van der Waals surface area contributed by atoms with Gasteiger partial charge >= 0.3 is 5.97 Å². The van der Waals surface area contributed by atoms with E-state index in [0.717, 1.165) is 9.37 Å². The van der Waals surface area contributed by atoms with Crippen molar-refractivity contribution in [2.24, 2.45) is 5.14 Å². The first-order valence-electron chi connectivity index (χ1n) is 7.14. The highest BCUT2D eigenvalue weighted by molar-refractivity contribution is 9.10. The van der Waals surface area contributed by atoms with E-state index >= 15 is 0 Å². The molecule has 0 amide bonds. The highest BCUT2D eigenvalue weighted by Gasteiger charge is 2.07. The van der Waals surface area contributed by atoms with Gasteiger partial charge in [-0.15, -0.1) is 11.8 Å². The molecule has 2 N–H and O–H groups in total. The van der Waals surface area contributed by atoms with E-state index in [-0.39, 0.29) is 29.8 Å². The van der Waals surface area contributed by atoms with Gasteiger partial charge in [-0.05, 0) is 48.5 Å². The van der Waals surface area contributed by atoms with Crippen LogP contribution >= 0.6 is 27.7 Å². The molecule has 134 valence electrons. The van der Waals surface area contributed by atoms with E-state index in [0.29, 0.717) is 5.75 Å². The van der Waals surface area contributed by atoms with Crippen LogP contribution in [0.4, 0.5) is 0 Å². The number of ether oxygens (including phenoxy) is 2. The van der Waals surface area contributed by atoms with Gasteiger partial charge in [0.1, 0.15) is 19.0 Å². The predicted molar refractivity (Wildman–Crippen MR) is 99.1 cm³/mol. The van der Waals surface area contributed by atoms with Crippen molar-refractivity contribution in [1.29, 1.82) is 0 Å². The number of esters is 1. The van der Waals surface area contributed by atoms with Crippen molar-refractivity contribution in [3.8, 4) is 5.75 Å². The summed E-state index contributed by atoms with van der Waals surface area (Å²) in [4.78, 5) is 12.6. The van der Waals surface area contributed by atoms with E-state index in [2.05, 4.69) is 15.9 Å². The quantitative estimate of drug-likeness (QED) is 0.381. The molecule has 0 saturated heterocycles. The van der Waals surface area contributed by atoms with Crippen LogP contribution in [-0.2, 0) is 19.6 Å². The van der Waals surface area contributed by atoms with Crippen LogP contribution in [0.15, 0.2) is 62.8 Å². The number of hydrogen-bond acceptors (Lipinski definition) is 6. The maximum Gasteiger partial charge on any atom is 0.316 e. The van der Waals surface area contributed by atoms with Crippen LogP contribution in [0.25, 0.3) is 0 Å². The Morgan fingerprint density at radius 2 is 1.68 bits per heavy atom. The van der Waals surface area contributed by atoms with E-state index in [1.54, 1.807) is 0 Å². The molecule has 9 heteroatoms. The fraction of sp³-hybridized carbons (Fsp3) is 0.188. The lowest BCUT2D eigenvalue weighted by Gasteiger charge is -2.08. The van der Waals surface area contributed by atoms with Gasteiger partial charge in [-0.25, -0.2) is 13.6 Å². The van der Waals surface area contributed by atoms with Crippen LogP contribution < -0.4 is 9.88 Å². The second-order valence-electron chi connectivity index (χ2n) is 4.83. The van der Waals surface area contributed by atoms with Crippen molar-refractivity contribution < 1.29 is 22.7 Å². The van der Waals surface area contributed by atoms with Crippen LogP contribution in [0.5, 0.6) is 5.75 Å². The van der Waals surface area contributed by atoms with Crippen LogP contribution in [0.2, 0.25) is 0 Å². The highest BCUT2D eigenvalue weighted by atomic mass is 79.9. The zero-order valence-electron chi connectivity index (χ0n) is 13.1. The molecule has 0 heterocycles. The van der Waals surface area contributed by atoms with Crippen molar-refractivity contribution in [2.75, 3.05) is 19.0 Å². The molecule has 0 bridgehead atoms. The van der Waals surface area contributed by atoms with Crippen molar-refractivity contribution in [2.45, 2.75) is 9.79 Å². The molecule has 2 aromatic rings. The maximum atomic E-state index is 11.7. The Bertz CT molecular complexity index is 807. The molecule has 25 heavy (non-hydrogen) atoms. The molecule has 2 aromatic carbocycles. The van der Waals surface area contributed by atoms with Gasteiger partial charge in [0.15, 0.2) is 0 Å². The summed E-state index contributed by atoms with van der Waals surface area (Å²) in [7, 11) is -3.72. The zero-order valence-corrected chi connectivity index (χ0v) is 16.3. The topological polar surface area (TPSA) is 95.7 Å². The number of nitrogens with two attached hydrogens (primary N) is 1. The van der Waals surface area contributed by atoms with Crippen LogP contribution in [0, 0.1) is 0 Å². The summed E-state index contributed by atoms with van der Waals surface area (Å²) in [5.41, 5.74) is 0. The van der Waals surface area contributed by atoms with Gasteiger partial charge in [-0.2, -0.15) is 0 Å². The third kappa shape index (κ3) is 7.07. The average molecular weight is 446 g/mol. The lowest BCUT2D eigenvalue weighted by molar-refractivity contribution is -0.141. The van der Waals surface area contributed by atoms with E-state index in [9.17, 15) is 13.2 Å².